The molecule has 0 aliphatic carbocycles. The lowest BCUT2D eigenvalue weighted by Crippen LogP contribution is -2.10. The Morgan fingerprint density at radius 1 is 0.962 bits per heavy atom. The molecule has 0 unspecified atom stereocenters. The van der Waals surface area contributed by atoms with E-state index >= 15 is 0 Å². The lowest BCUT2D eigenvalue weighted by molar-refractivity contribution is 0.590. The summed E-state index contributed by atoms with van der Waals surface area (Å²) in [6.45, 7) is 9.37. The van der Waals surface area contributed by atoms with E-state index in [1.165, 1.54) is 16.7 Å². The van der Waals surface area contributed by atoms with Crippen LogP contribution in [-0.2, 0) is 12.0 Å². The van der Waals surface area contributed by atoms with Gasteiger partial charge in [-0.1, -0.05) is 57.2 Å². The average Bonchev–Trinajstić information content (AvgIpc) is 2.61. The van der Waals surface area contributed by atoms with Crippen molar-refractivity contribution in [3.63, 3.8) is 0 Å². The van der Waals surface area contributed by atoms with Crippen LogP contribution >= 0.6 is 0 Å². The van der Waals surface area contributed by atoms with Crippen molar-refractivity contribution in [3.05, 3.63) is 71.4 Å². The van der Waals surface area contributed by atoms with Crippen molar-refractivity contribution in [2.75, 3.05) is 10.6 Å². The van der Waals surface area contributed by atoms with Crippen molar-refractivity contribution in [3.8, 4) is 0 Å². The molecule has 2 aromatic carbocycles. The minimum atomic E-state index is 0.141. The molecule has 26 heavy (non-hydrogen) atoms. The average molecular weight is 347 g/mol. The summed E-state index contributed by atoms with van der Waals surface area (Å²) in [4.78, 5) is 4.49. The molecule has 0 aliphatic rings. The van der Waals surface area contributed by atoms with E-state index in [-0.39, 0.29) is 5.41 Å². The van der Waals surface area contributed by atoms with Crippen LogP contribution in [-0.4, -0.2) is 15.2 Å². The fourth-order valence-corrected chi connectivity index (χ4v) is 2.62. The molecule has 1 aromatic heterocycles. The van der Waals surface area contributed by atoms with Crippen LogP contribution in [0.25, 0.3) is 0 Å². The summed E-state index contributed by atoms with van der Waals surface area (Å²) in [5.74, 6) is 1.17. The molecule has 0 bridgehead atoms. The number of rotatable bonds is 5. The Kier molecular flexibility index (Phi) is 5.16. The number of hydrogen-bond acceptors (Lipinski definition) is 5. The molecule has 0 saturated heterocycles. The highest BCUT2D eigenvalue weighted by Gasteiger charge is 2.13. The number of aromatic nitrogens is 3. The third-order valence-corrected chi connectivity index (χ3v) is 4.28. The normalized spacial score (nSPS) is 11.2. The standard InChI is InChI=1S/C21H25N5/c1-15-7-5-6-8-16(15)13-22-20-25-19(14-23-26-20)24-18-11-9-17(10-12-18)21(2,3)4/h5-12,14H,13H2,1-4H3,(H2,22,24,25,26). The number of anilines is 3. The topological polar surface area (TPSA) is 62.7 Å². The molecule has 2 N–H and O–H groups in total. The van der Waals surface area contributed by atoms with Gasteiger partial charge in [0.05, 0.1) is 6.20 Å². The summed E-state index contributed by atoms with van der Waals surface area (Å²) in [5.41, 5.74) is 4.86. The second-order valence-corrected chi connectivity index (χ2v) is 7.40. The summed E-state index contributed by atoms with van der Waals surface area (Å²) in [7, 11) is 0. The SMILES string of the molecule is Cc1ccccc1CNc1nncc(Nc2ccc(C(C)(C)C)cc2)n1. The summed E-state index contributed by atoms with van der Waals surface area (Å²) in [6, 6.07) is 16.6. The molecular weight excluding hydrogens is 322 g/mol. The van der Waals surface area contributed by atoms with Crippen molar-refractivity contribution in [2.45, 2.75) is 39.7 Å². The first-order chi connectivity index (χ1) is 12.4. The van der Waals surface area contributed by atoms with Gasteiger partial charge >= 0.3 is 0 Å². The Morgan fingerprint density at radius 3 is 2.38 bits per heavy atom. The number of hydrogen-bond donors (Lipinski definition) is 2. The third kappa shape index (κ3) is 4.57. The van der Waals surface area contributed by atoms with E-state index in [1.54, 1.807) is 6.20 Å². The third-order valence-electron chi connectivity index (χ3n) is 4.28. The Labute approximate surface area is 154 Å². The van der Waals surface area contributed by atoms with Gasteiger partial charge in [-0.25, -0.2) is 0 Å². The monoisotopic (exact) mass is 347 g/mol. The number of aryl methyl sites for hydroxylation is 1. The van der Waals surface area contributed by atoms with Gasteiger partial charge in [0.1, 0.15) is 0 Å². The first-order valence-corrected chi connectivity index (χ1v) is 8.77. The zero-order chi connectivity index (χ0) is 18.6. The maximum atomic E-state index is 4.49. The van der Waals surface area contributed by atoms with E-state index in [9.17, 15) is 0 Å². The predicted octanol–water partition coefficient (Wildman–Crippen LogP) is 4.83. The summed E-state index contributed by atoms with van der Waals surface area (Å²) in [5, 5.41) is 14.6. The number of nitrogens with zero attached hydrogens (tertiary/aromatic N) is 3. The summed E-state index contributed by atoms with van der Waals surface area (Å²) < 4.78 is 0. The minimum absolute atomic E-state index is 0.141. The molecule has 0 aliphatic heterocycles. The van der Waals surface area contributed by atoms with E-state index in [4.69, 9.17) is 0 Å². The van der Waals surface area contributed by atoms with Crippen molar-refractivity contribution in [2.24, 2.45) is 0 Å². The second-order valence-electron chi connectivity index (χ2n) is 7.40. The van der Waals surface area contributed by atoms with Crippen LogP contribution < -0.4 is 10.6 Å². The molecule has 5 nitrogen and oxygen atoms in total. The Bertz CT molecular complexity index is 866. The smallest absolute Gasteiger partial charge is 0.244 e. The Morgan fingerprint density at radius 2 is 1.69 bits per heavy atom. The van der Waals surface area contributed by atoms with Crippen molar-refractivity contribution >= 4 is 17.5 Å². The van der Waals surface area contributed by atoms with E-state index in [1.807, 2.05) is 12.1 Å². The molecule has 0 spiro atoms. The van der Waals surface area contributed by atoms with E-state index in [2.05, 4.69) is 89.9 Å². The van der Waals surface area contributed by atoms with Crippen molar-refractivity contribution in [1.82, 2.24) is 15.2 Å². The van der Waals surface area contributed by atoms with Gasteiger partial charge in [0.25, 0.3) is 0 Å². The molecular formula is C21H25N5. The van der Waals surface area contributed by atoms with Crippen LogP contribution in [0.4, 0.5) is 17.5 Å². The molecule has 1 heterocycles. The molecule has 0 fully saturated rings. The van der Waals surface area contributed by atoms with Crippen LogP contribution in [0, 0.1) is 6.92 Å². The van der Waals surface area contributed by atoms with Crippen molar-refractivity contribution in [1.29, 1.82) is 0 Å². The number of nitrogens with one attached hydrogen (secondary N) is 2. The summed E-state index contributed by atoms with van der Waals surface area (Å²) >= 11 is 0. The molecule has 134 valence electrons. The van der Waals surface area contributed by atoms with Crippen LogP contribution in [0.3, 0.4) is 0 Å². The maximum absolute atomic E-state index is 4.49. The Balaban J connectivity index is 1.66. The zero-order valence-electron chi connectivity index (χ0n) is 15.7. The van der Waals surface area contributed by atoms with Gasteiger partial charge in [-0.15, -0.1) is 5.10 Å². The fourth-order valence-electron chi connectivity index (χ4n) is 2.62. The van der Waals surface area contributed by atoms with Gasteiger partial charge in [0.15, 0.2) is 5.82 Å². The van der Waals surface area contributed by atoms with E-state index in [0.29, 0.717) is 18.3 Å². The quantitative estimate of drug-likeness (QED) is 0.692. The highest BCUT2D eigenvalue weighted by molar-refractivity contribution is 5.56. The van der Waals surface area contributed by atoms with Crippen LogP contribution in [0.2, 0.25) is 0 Å². The first-order valence-electron chi connectivity index (χ1n) is 8.77. The molecule has 0 amide bonds. The molecule has 0 atom stereocenters. The van der Waals surface area contributed by atoms with Gasteiger partial charge in [-0.05, 0) is 41.2 Å². The van der Waals surface area contributed by atoms with Crippen LogP contribution in [0.1, 0.15) is 37.5 Å². The van der Waals surface area contributed by atoms with Crippen LogP contribution in [0.5, 0.6) is 0 Å². The Hall–Kier alpha value is -2.95. The second kappa shape index (κ2) is 7.52. The molecule has 0 saturated carbocycles. The van der Waals surface area contributed by atoms with Crippen LogP contribution in [0.15, 0.2) is 54.7 Å². The highest BCUT2D eigenvalue weighted by atomic mass is 15.3. The van der Waals surface area contributed by atoms with Gasteiger partial charge in [-0.3, -0.25) is 0 Å². The zero-order valence-corrected chi connectivity index (χ0v) is 15.7. The number of benzene rings is 2. The maximum Gasteiger partial charge on any atom is 0.244 e. The van der Waals surface area contributed by atoms with Gasteiger partial charge in [0, 0.05) is 12.2 Å². The lowest BCUT2D eigenvalue weighted by atomic mass is 9.87. The minimum Gasteiger partial charge on any atom is -0.349 e. The van der Waals surface area contributed by atoms with Gasteiger partial charge in [-0.2, -0.15) is 10.1 Å². The molecule has 3 rings (SSSR count). The largest absolute Gasteiger partial charge is 0.349 e. The van der Waals surface area contributed by atoms with Gasteiger partial charge < -0.3 is 10.6 Å². The lowest BCUT2D eigenvalue weighted by Gasteiger charge is -2.19. The predicted molar refractivity (Wildman–Crippen MR) is 107 cm³/mol. The molecule has 5 heteroatoms. The van der Waals surface area contributed by atoms with E-state index < -0.39 is 0 Å². The van der Waals surface area contributed by atoms with Gasteiger partial charge in [0.2, 0.25) is 5.95 Å². The summed E-state index contributed by atoms with van der Waals surface area (Å²) in [6.07, 6.45) is 1.62. The molecule has 3 aromatic rings. The molecule has 0 radical (unpaired) electrons. The fraction of sp³-hybridized carbons (Fsp3) is 0.286. The first kappa shape index (κ1) is 17.9. The van der Waals surface area contributed by atoms with Crippen molar-refractivity contribution < 1.29 is 0 Å². The highest BCUT2D eigenvalue weighted by Crippen LogP contribution is 2.24. The van der Waals surface area contributed by atoms with E-state index in [0.717, 1.165) is 5.69 Å².